The molecule has 2 amide bonds. The first-order valence-electron chi connectivity index (χ1n) is 11.5. The highest BCUT2D eigenvalue weighted by atomic mass is 35.5. The van der Waals surface area contributed by atoms with Crippen molar-refractivity contribution in [2.24, 2.45) is 0 Å². The van der Waals surface area contributed by atoms with Crippen LogP contribution in [-0.4, -0.2) is 53.9 Å². The molecule has 5 rings (SSSR count). The summed E-state index contributed by atoms with van der Waals surface area (Å²) in [5.41, 5.74) is 1.97. The van der Waals surface area contributed by atoms with E-state index >= 15 is 0 Å². The number of piperidine rings is 1. The van der Waals surface area contributed by atoms with Gasteiger partial charge in [0.15, 0.2) is 16.7 Å². The molecule has 3 aromatic rings. The molecule has 36 heavy (non-hydrogen) atoms. The number of hydrogen-bond acceptors (Lipinski definition) is 6. The average Bonchev–Trinajstić information content (AvgIpc) is 3.40. The molecular weight excluding hydrogens is 512 g/mol. The minimum absolute atomic E-state index is 0.128. The van der Waals surface area contributed by atoms with Crippen LogP contribution in [0.2, 0.25) is 5.02 Å². The SMILES string of the molecule is CNC(=O)C[C@@H]1C[C@@H](c2ccc(F)c(F)c2)[C@H](NC(=O)c2cc3c(s2)OCCn2ncc(Cl)c2-3)CN1. The first-order chi connectivity index (χ1) is 17.3. The van der Waals surface area contributed by atoms with E-state index in [4.69, 9.17) is 16.3 Å². The van der Waals surface area contributed by atoms with Crippen molar-refractivity contribution in [3.63, 3.8) is 0 Å². The number of aromatic nitrogens is 2. The average molecular weight is 536 g/mol. The second kappa shape index (κ2) is 10.2. The highest BCUT2D eigenvalue weighted by Crippen LogP contribution is 2.43. The molecule has 0 spiro atoms. The summed E-state index contributed by atoms with van der Waals surface area (Å²) in [6.45, 7) is 1.31. The first kappa shape index (κ1) is 24.7. The van der Waals surface area contributed by atoms with Gasteiger partial charge in [0, 0.05) is 38.0 Å². The molecule has 1 saturated heterocycles. The van der Waals surface area contributed by atoms with Gasteiger partial charge in [-0.1, -0.05) is 29.0 Å². The Morgan fingerprint density at radius 3 is 2.92 bits per heavy atom. The summed E-state index contributed by atoms with van der Waals surface area (Å²) >= 11 is 7.56. The van der Waals surface area contributed by atoms with Crippen LogP contribution in [-0.2, 0) is 11.3 Å². The van der Waals surface area contributed by atoms with E-state index in [1.165, 1.54) is 17.4 Å². The third kappa shape index (κ3) is 4.82. The number of nitrogens with zero attached hydrogens (tertiary/aromatic N) is 2. The minimum atomic E-state index is -0.952. The fourth-order valence-corrected chi connectivity index (χ4v) is 5.94. The molecule has 2 aliphatic heterocycles. The Bertz CT molecular complexity index is 1310. The van der Waals surface area contributed by atoms with Gasteiger partial charge in [-0.2, -0.15) is 5.10 Å². The zero-order valence-electron chi connectivity index (χ0n) is 19.3. The number of halogens is 3. The molecule has 1 aromatic carbocycles. The van der Waals surface area contributed by atoms with Gasteiger partial charge in [-0.25, -0.2) is 8.78 Å². The predicted octanol–water partition coefficient (Wildman–Crippen LogP) is 3.32. The Morgan fingerprint density at radius 1 is 1.31 bits per heavy atom. The van der Waals surface area contributed by atoms with Gasteiger partial charge in [0.25, 0.3) is 5.91 Å². The summed E-state index contributed by atoms with van der Waals surface area (Å²) in [4.78, 5) is 25.7. The number of benzene rings is 1. The Morgan fingerprint density at radius 2 is 2.14 bits per heavy atom. The normalized spacial score (nSPS) is 21.1. The maximum Gasteiger partial charge on any atom is 0.261 e. The van der Waals surface area contributed by atoms with Gasteiger partial charge in [-0.15, -0.1) is 0 Å². The Hall–Kier alpha value is -3.02. The number of fused-ring (bicyclic) bond motifs is 3. The van der Waals surface area contributed by atoms with E-state index in [9.17, 15) is 18.4 Å². The summed E-state index contributed by atoms with van der Waals surface area (Å²) in [6, 6.07) is 4.91. The molecule has 0 radical (unpaired) electrons. The van der Waals surface area contributed by atoms with E-state index in [-0.39, 0.29) is 30.2 Å². The van der Waals surface area contributed by atoms with Gasteiger partial charge in [-0.3, -0.25) is 14.3 Å². The molecule has 12 heteroatoms. The van der Waals surface area contributed by atoms with Crippen LogP contribution >= 0.6 is 22.9 Å². The first-order valence-corrected chi connectivity index (χ1v) is 12.7. The van der Waals surface area contributed by atoms with Crippen LogP contribution in [0, 0.1) is 11.6 Å². The highest BCUT2D eigenvalue weighted by Gasteiger charge is 2.34. The Balaban J connectivity index is 1.39. The Labute approximate surface area is 215 Å². The van der Waals surface area contributed by atoms with Crippen LogP contribution in [0.3, 0.4) is 0 Å². The van der Waals surface area contributed by atoms with Crippen molar-refractivity contribution in [1.82, 2.24) is 25.7 Å². The number of hydrogen-bond donors (Lipinski definition) is 3. The molecule has 3 atom stereocenters. The van der Waals surface area contributed by atoms with Crippen LogP contribution in [0.4, 0.5) is 8.78 Å². The van der Waals surface area contributed by atoms with Crippen LogP contribution in [0.25, 0.3) is 11.3 Å². The summed E-state index contributed by atoms with van der Waals surface area (Å²) < 4.78 is 35.3. The lowest BCUT2D eigenvalue weighted by Crippen LogP contribution is -2.54. The third-order valence-corrected chi connectivity index (χ3v) is 7.88. The zero-order valence-corrected chi connectivity index (χ0v) is 20.9. The molecule has 1 fully saturated rings. The molecule has 2 aliphatic rings. The number of ether oxygens (including phenoxy) is 1. The van der Waals surface area contributed by atoms with Crippen LogP contribution in [0.15, 0.2) is 30.5 Å². The van der Waals surface area contributed by atoms with Crippen molar-refractivity contribution in [1.29, 1.82) is 0 Å². The van der Waals surface area contributed by atoms with E-state index in [0.29, 0.717) is 57.9 Å². The second-order valence-electron chi connectivity index (χ2n) is 8.80. The zero-order chi connectivity index (χ0) is 25.4. The van der Waals surface area contributed by atoms with Crippen molar-refractivity contribution in [3.05, 3.63) is 57.6 Å². The quantitative estimate of drug-likeness (QED) is 0.466. The maximum atomic E-state index is 14.1. The van der Waals surface area contributed by atoms with Crippen LogP contribution < -0.4 is 20.7 Å². The summed E-state index contributed by atoms with van der Waals surface area (Å²) in [5.74, 6) is -2.66. The van der Waals surface area contributed by atoms with E-state index in [2.05, 4.69) is 21.0 Å². The molecule has 8 nitrogen and oxygen atoms in total. The minimum Gasteiger partial charge on any atom is -0.481 e. The Kier molecular flexibility index (Phi) is 6.96. The molecule has 4 heterocycles. The van der Waals surface area contributed by atoms with E-state index < -0.39 is 17.7 Å². The molecule has 0 bridgehead atoms. The van der Waals surface area contributed by atoms with Gasteiger partial charge >= 0.3 is 0 Å². The van der Waals surface area contributed by atoms with E-state index in [1.807, 2.05) is 0 Å². The number of nitrogens with one attached hydrogen (secondary N) is 3. The van der Waals surface area contributed by atoms with Crippen LogP contribution in [0.1, 0.15) is 34.0 Å². The summed E-state index contributed by atoms with van der Waals surface area (Å²) in [6.07, 6.45) is 2.27. The van der Waals surface area contributed by atoms with Gasteiger partial charge in [-0.05, 0) is 30.2 Å². The predicted molar refractivity (Wildman–Crippen MR) is 131 cm³/mol. The molecular formula is C24H24ClF2N5O3S. The summed E-state index contributed by atoms with van der Waals surface area (Å²) in [7, 11) is 1.56. The molecule has 0 aliphatic carbocycles. The summed E-state index contributed by atoms with van der Waals surface area (Å²) in [5, 5.41) is 14.3. The number of thiophene rings is 1. The molecule has 3 N–H and O–H groups in total. The number of rotatable bonds is 5. The van der Waals surface area contributed by atoms with Crippen molar-refractivity contribution in [2.75, 3.05) is 20.2 Å². The fourth-order valence-electron chi connectivity index (χ4n) is 4.76. The molecule has 2 aromatic heterocycles. The number of carbonyl (C=O) groups excluding carboxylic acids is 2. The second-order valence-corrected chi connectivity index (χ2v) is 10.2. The van der Waals surface area contributed by atoms with Crippen molar-refractivity contribution < 1.29 is 23.1 Å². The smallest absolute Gasteiger partial charge is 0.261 e. The van der Waals surface area contributed by atoms with Gasteiger partial charge in [0.2, 0.25) is 5.91 Å². The van der Waals surface area contributed by atoms with Gasteiger partial charge in [0.05, 0.1) is 33.9 Å². The topological polar surface area (TPSA) is 97.3 Å². The van der Waals surface area contributed by atoms with Crippen LogP contribution in [0.5, 0.6) is 5.06 Å². The largest absolute Gasteiger partial charge is 0.481 e. The lowest BCUT2D eigenvalue weighted by molar-refractivity contribution is -0.121. The van der Waals surface area contributed by atoms with Gasteiger partial charge in [0.1, 0.15) is 6.61 Å². The van der Waals surface area contributed by atoms with Crippen molar-refractivity contribution in [2.45, 2.75) is 37.4 Å². The highest BCUT2D eigenvalue weighted by molar-refractivity contribution is 7.16. The third-order valence-electron chi connectivity index (χ3n) is 6.56. The molecule has 0 unspecified atom stereocenters. The number of carbonyl (C=O) groups is 2. The lowest BCUT2D eigenvalue weighted by atomic mass is 9.81. The standard InChI is InChI=1S/C24H24ClF2N5O3S/c1-28-21(33)8-13-7-14(12-2-3-17(26)18(27)6-12)19(11-29-13)31-23(34)20-9-15-22-16(25)10-30-32(22)4-5-35-24(15)36-20/h2-3,6,9-10,13-14,19,29H,4-5,7-8,11H2,1H3,(H,28,33)(H,31,34)/t13-,14-,19+/m0/s1. The lowest BCUT2D eigenvalue weighted by Gasteiger charge is -2.37. The fraction of sp³-hybridized carbons (Fsp3) is 0.375. The molecule has 190 valence electrons. The number of amides is 2. The molecule has 0 saturated carbocycles. The van der Waals surface area contributed by atoms with Gasteiger partial charge < -0.3 is 20.7 Å². The van der Waals surface area contributed by atoms with Crippen molar-refractivity contribution >= 4 is 34.8 Å². The van der Waals surface area contributed by atoms with E-state index in [0.717, 1.165) is 12.1 Å². The van der Waals surface area contributed by atoms with Crippen molar-refractivity contribution in [3.8, 4) is 16.3 Å². The monoisotopic (exact) mass is 535 g/mol. The van der Waals surface area contributed by atoms with E-state index in [1.54, 1.807) is 24.0 Å². The maximum absolute atomic E-state index is 14.1.